The summed E-state index contributed by atoms with van der Waals surface area (Å²) >= 11 is 1.77. The van der Waals surface area contributed by atoms with E-state index in [2.05, 4.69) is 46.9 Å². The smallest absolute Gasteiger partial charge is 0.314 e. The summed E-state index contributed by atoms with van der Waals surface area (Å²) in [5.74, 6) is 0.479. The van der Waals surface area contributed by atoms with Gasteiger partial charge in [-0.2, -0.15) is 0 Å². The first kappa shape index (κ1) is 15.3. The van der Waals surface area contributed by atoms with Crippen LogP contribution in [-0.2, 0) is 0 Å². The van der Waals surface area contributed by atoms with Crippen molar-refractivity contribution < 1.29 is 4.79 Å². The van der Waals surface area contributed by atoms with E-state index in [9.17, 15) is 4.79 Å². The Hall–Kier alpha value is -1.07. The summed E-state index contributed by atoms with van der Waals surface area (Å²) < 4.78 is 0. The third-order valence-corrected chi connectivity index (χ3v) is 4.55. The zero-order valence-corrected chi connectivity index (χ0v) is 13.2. The standard InChI is InChI=1S/C15H25N3OS/c1-12(2)10-16-15(19)17-11-13(14-6-5-9-20-14)18-7-3-4-8-18/h5-6,9,12-13H,3-4,7-8,10-11H2,1-2H3,(H2,16,17,19). The summed E-state index contributed by atoms with van der Waals surface area (Å²) in [5.41, 5.74) is 0. The monoisotopic (exact) mass is 295 g/mol. The molecule has 5 heteroatoms. The Morgan fingerprint density at radius 3 is 2.60 bits per heavy atom. The molecule has 1 aromatic rings. The van der Waals surface area contributed by atoms with Crippen LogP contribution >= 0.6 is 11.3 Å². The molecular weight excluding hydrogens is 270 g/mol. The van der Waals surface area contributed by atoms with Crippen LogP contribution in [0.25, 0.3) is 0 Å². The van der Waals surface area contributed by atoms with E-state index in [4.69, 9.17) is 0 Å². The predicted octanol–water partition coefficient (Wildman–Crippen LogP) is 2.84. The maximum Gasteiger partial charge on any atom is 0.314 e. The largest absolute Gasteiger partial charge is 0.338 e. The lowest BCUT2D eigenvalue weighted by atomic mass is 10.2. The SMILES string of the molecule is CC(C)CNC(=O)NCC(c1cccs1)N1CCCC1. The highest BCUT2D eigenvalue weighted by Gasteiger charge is 2.24. The summed E-state index contributed by atoms with van der Waals surface area (Å²) in [7, 11) is 0. The Labute approximate surface area is 125 Å². The van der Waals surface area contributed by atoms with E-state index in [1.54, 1.807) is 11.3 Å². The fourth-order valence-corrected chi connectivity index (χ4v) is 3.35. The number of hydrogen-bond acceptors (Lipinski definition) is 3. The number of amides is 2. The molecule has 2 amide bonds. The molecular formula is C15H25N3OS. The molecule has 0 saturated carbocycles. The molecule has 0 aromatic carbocycles. The van der Waals surface area contributed by atoms with Crippen LogP contribution in [0.4, 0.5) is 4.79 Å². The van der Waals surface area contributed by atoms with E-state index in [1.165, 1.54) is 17.7 Å². The Morgan fingerprint density at radius 2 is 2.00 bits per heavy atom. The predicted molar refractivity (Wildman–Crippen MR) is 84.1 cm³/mol. The average molecular weight is 295 g/mol. The molecule has 1 aromatic heterocycles. The Bertz CT molecular complexity index is 399. The van der Waals surface area contributed by atoms with E-state index < -0.39 is 0 Å². The van der Waals surface area contributed by atoms with Gasteiger partial charge < -0.3 is 10.6 Å². The van der Waals surface area contributed by atoms with Crippen molar-refractivity contribution in [2.75, 3.05) is 26.2 Å². The van der Waals surface area contributed by atoms with E-state index in [0.717, 1.165) is 19.6 Å². The first-order chi connectivity index (χ1) is 9.66. The quantitative estimate of drug-likeness (QED) is 0.847. The van der Waals surface area contributed by atoms with Gasteiger partial charge in [-0.15, -0.1) is 11.3 Å². The van der Waals surface area contributed by atoms with Gasteiger partial charge in [-0.05, 0) is 43.3 Å². The lowest BCUT2D eigenvalue weighted by Gasteiger charge is -2.27. The van der Waals surface area contributed by atoms with Gasteiger partial charge in [0.25, 0.3) is 0 Å². The summed E-state index contributed by atoms with van der Waals surface area (Å²) in [6, 6.07) is 4.52. The minimum absolute atomic E-state index is 0.0561. The third kappa shape index (κ3) is 4.49. The van der Waals surface area contributed by atoms with Crippen LogP contribution < -0.4 is 10.6 Å². The van der Waals surface area contributed by atoms with E-state index in [1.807, 2.05) is 0 Å². The fraction of sp³-hybridized carbons (Fsp3) is 0.667. The summed E-state index contributed by atoms with van der Waals surface area (Å²) in [5, 5.41) is 8.03. The highest BCUT2D eigenvalue weighted by atomic mass is 32.1. The topological polar surface area (TPSA) is 44.4 Å². The highest BCUT2D eigenvalue weighted by molar-refractivity contribution is 7.10. The second-order valence-electron chi connectivity index (χ2n) is 5.76. The van der Waals surface area contributed by atoms with Gasteiger partial charge in [-0.25, -0.2) is 4.79 Å². The van der Waals surface area contributed by atoms with Gasteiger partial charge in [0.2, 0.25) is 0 Å². The summed E-state index contributed by atoms with van der Waals surface area (Å²) in [4.78, 5) is 15.6. The molecule has 2 N–H and O–H groups in total. The number of urea groups is 1. The number of carbonyl (C=O) groups excluding carboxylic acids is 1. The van der Waals surface area contributed by atoms with E-state index in [0.29, 0.717) is 18.5 Å². The number of thiophene rings is 1. The molecule has 1 saturated heterocycles. The van der Waals surface area contributed by atoms with Crippen molar-refractivity contribution in [2.45, 2.75) is 32.7 Å². The maximum absolute atomic E-state index is 11.8. The molecule has 0 spiro atoms. The van der Waals surface area contributed by atoms with Gasteiger partial charge in [0.05, 0.1) is 6.04 Å². The number of likely N-dealkylation sites (tertiary alicyclic amines) is 1. The van der Waals surface area contributed by atoms with Crippen molar-refractivity contribution in [1.82, 2.24) is 15.5 Å². The molecule has 2 heterocycles. The van der Waals surface area contributed by atoms with Gasteiger partial charge in [-0.3, -0.25) is 4.90 Å². The Balaban J connectivity index is 1.86. The van der Waals surface area contributed by atoms with Crippen LogP contribution in [0, 0.1) is 5.92 Å². The molecule has 1 fully saturated rings. The normalized spacial score (nSPS) is 17.4. The van der Waals surface area contributed by atoms with Gasteiger partial charge in [0.1, 0.15) is 0 Å². The van der Waals surface area contributed by atoms with Crippen molar-refractivity contribution in [1.29, 1.82) is 0 Å². The second kappa shape index (κ2) is 7.64. The van der Waals surface area contributed by atoms with Crippen molar-refractivity contribution >= 4 is 17.4 Å². The first-order valence-corrected chi connectivity index (χ1v) is 8.34. The van der Waals surface area contributed by atoms with Crippen LogP contribution in [0.15, 0.2) is 17.5 Å². The van der Waals surface area contributed by atoms with Crippen molar-refractivity contribution in [3.8, 4) is 0 Å². The molecule has 20 heavy (non-hydrogen) atoms. The molecule has 112 valence electrons. The van der Waals surface area contributed by atoms with Gasteiger partial charge >= 0.3 is 6.03 Å². The van der Waals surface area contributed by atoms with Crippen LogP contribution in [0.5, 0.6) is 0 Å². The van der Waals surface area contributed by atoms with Gasteiger partial charge in [0.15, 0.2) is 0 Å². The molecule has 4 nitrogen and oxygen atoms in total. The molecule has 1 unspecified atom stereocenters. The van der Waals surface area contributed by atoms with Crippen LogP contribution in [-0.4, -0.2) is 37.1 Å². The number of nitrogens with zero attached hydrogens (tertiary/aromatic N) is 1. The number of carbonyl (C=O) groups is 1. The second-order valence-corrected chi connectivity index (χ2v) is 6.74. The first-order valence-electron chi connectivity index (χ1n) is 7.46. The van der Waals surface area contributed by atoms with Gasteiger partial charge in [0, 0.05) is 18.0 Å². The van der Waals surface area contributed by atoms with Crippen molar-refractivity contribution in [3.05, 3.63) is 22.4 Å². The summed E-state index contributed by atoms with van der Waals surface area (Å²) in [6.07, 6.45) is 2.53. The number of nitrogens with one attached hydrogen (secondary N) is 2. The molecule has 0 aliphatic carbocycles. The average Bonchev–Trinajstić information content (AvgIpc) is 3.09. The highest BCUT2D eigenvalue weighted by Crippen LogP contribution is 2.27. The lowest BCUT2D eigenvalue weighted by Crippen LogP contribution is -2.42. The van der Waals surface area contributed by atoms with Crippen LogP contribution in [0.1, 0.15) is 37.6 Å². The van der Waals surface area contributed by atoms with Crippen LogP contribution in [0.2, 0.25) is 0 Å². The number of rotatable bonds is 6. The number of hydrogen-bond donors (Lipinski definition) is 2. The molecule has 1 aliphatic rings. The fourth-order valence-electron chi connectivity index (χ4n) is 2.49. The van der Waals surface area contributed by atoms with E-state index >= 15 is 0 Å². The van der Waals surface area contributed by atoms with Gasteiger partial charge in [-0.1, -0.05) is 19.9 Å². The van der Waals surface area contributed by atoms with Crippen LogP contribution in [0.3, 0.4) is 0 Å². The van der Waals surface area contributed by atoms with Crippen molar-refractivity contribution in [2.24, 2.45) is 5.92 Å². The summed E-state index contributed by atoms with van der Waals surface area (Å²) in [6.45, 7) is 7.87. The minimum atomic E-state index is -0.0561. The Morgan fingerprint density at radius 1 is 1.30 bits per heavy atom. The molecule has 0 bridgehead atoms. The molecule has 1 atom stereocenters. The maximum atomic E-state index is 11.8. The third-order valence-electron chi connectivity index (χ3n) is 3.58. The molecule has 1 aliphatic heterocycles. The Kier molecular flexibility index (Phi) is 5.86. The zero-order valence-electron chi connectivity index (χ0n) is 12.4. The zero-order chi connectivity index (χ0) is 14.4. The lowest BCUT2D eigenvalue weighted by molar-refractivity contribution is 0.221. The van der Waals surface area contributed by atoms with Crippen molar-refractivity contribution in [3.63, 3.8) is 0 Å². The van der Waals surface area contributed by atoms with E-state index in [-0.39, 0.29) is 6.03 Å². The molecule has 2 rings (SSSR count). The molecule has 0 radical (unpaired) electrons. The minimum Gasteiger partial charge on any atom is -0.338 e.